The third-order valence-electron chi connectivity index (χ3n) is 5.02. The maximum absolute atomic E-state index is 12.5. The lowest BCUT2D eigenvalue weighted by atomic mass is 10.0. The number of nitrogens with two attached hydrogens (primary N) is 1. The van der Waals surface area contributed by atoms with Crippen LogP contribution in [0.1, 0.15) is 39.9 Å². The van der Waals surface area contributed by atoms with E-state index in [2.05, 4.69) is 22.3 Å². The van der Waals surface area contributed by atoms with Crippen molar-refractivity contribution in [3.8, 4) is 0 Å². The van der Waals surface area contributed by atoms with Gasteiger partial charge in [-0.25, -0.2) is 0 Å². The summed E-state index contributed by atoms with van der Waals surface area (Å²) in [6.45, 7) is 5.05. The molecule has 1 saturated heterocycles. The number of nitrogens with one attached hydrogen (secondary N) is 1. The minimum Gasteiger partial charge on any atom is -0.399 e. The lowest BCUT2D eigenvalue weighted by Crippen LogP contribution is -2.35. The van der Waals surface area contributed by atoms with Gasteiger partial charge in [-0.05, 0) is 48.6 Å². The highest BCUT2D eigenvalue weighted by molar-refractivity contribution is 5.96. The Morgan fingerprint density at radius 2 is 1.88 bits per heavy atom. The van der Waals surface area contributed by atoms with Crippen molar-refractivity contribution in [3.63, 3.8) is 0 Å². The van der Waals surface area contributed by atoms with Gasteiger partial charge in [-0.15, -0.1) is 0 Å². The van der Waals surface area contributed by atoms with Crippen LogP contribution in [-0.4, -0.2) is 35.1 Å². The number of anilines is 1. The van der Waals surface area contributed by atoms with E-state index >= 15 is 0 Å². The second kappa shape index (κ2) is 8.34. The number of carbonyl (C=O) groups excluding carboxylic acids is 1. The molecule has 1 aliphatic rings. The van der Waals surface area contributed by atoms with Crippen LogP contribution in [-0.2, 0) is 13.1 Å². The number of aliphatic hydroxyl groups is 1. The molecule has 5 nitrogen and oxygen atoms in total. The highest BCUT2D eigenvalue weighted by atomic mass is 16.3. The normalized spacial score (nSPS) is 15.8. The molecular formula is C21H27N3O2. The molecule has 2 aromatic carbocycles. The van der Waals surface area contributed by atoms with Crippen LogP contribution < -0.4 is 11.1 Å². The number of hydrogen-bond acceptors (Lipinski definition) is 4. The van der Waals surface area contributed by atoms with Crippen LogP contribution in [0, 0.1) is 6.92 Å². The van der Waals surface area contributed by atoms with Crippen molar-refractivity contribution in [2.45, 2.75) is 39.0 Å². The zero-order valence-corrected chi connectivity index (χ0v) is 15.2. The molecular weight excluding hydrogens is 326 g/mol. The Balaban J connectivity index is 1.65. The SMILES string of the molecule is Cc1ccc(N)cc1C(=O)NCc1ccccc1CN1CCC(O)CC1. The third kappa shape index (κ3) is 4.62. The van der Waals surface area contributed by atoms with Gasteiger partial charge in [-0.1, -0.05) is 30.3 Å². The predicted octanol–water partition coefficient (Wildman–Crippen LogP) is 2.46. The lowest BCUT2D eigenvalue weighted by molar-refractivity contribution is 0.0790. The van der Waals surface area contributed by atoms with Gasteiger partial charge >= 0.3 is 0 Å². The molecule has 4 N–H and O–H groups in total. The van der Waals surface area contributed by atoms with E-state index in [0.717, 1.165) is 43.6 Å². The summed E-state index contributed by atoms with van der Waals surface area (Å²) in [5.41, 5.74) is 10.3. The van der Waals surface area contributed by atoms with Crippen molar-refractivity contribution in [3.05, 3.63) is 64.7 Å². The van der Waals surface area contributed by atoms with Crippen molar-refractivity contribution in [2.75, 3.05) is 18.8 Å². The van der Waals surface area contributed by atoms with E-state index in [1.54, 1.807) is 12.1 Å². The third-order valence-corrected chi connectivity index (χ3v) is 5.02. The molecule has 5 heteroatoms. The summed E-state index contributed by atoms with van der Waals surface area (Å²) < 4.78 is 0. The summed E-state index contributed by atoms with van der Waals surface area (Å²) in [4.78, 5) is 14.9. The van der Waals surface area contributed by atoms with Gasteiger partial charge in [0.2, 0.25) is 0 Å². The Labute approximate surface area is 154 Å². The Morgan fingerprint density at radius 1 is 1.19 bits per heavy atom. The van der Waals surface area contributed by atoms with E-state index in [-0.39, 0.29) is 12.0 Å². The minimum absolute atomic E-state index is 0.106. The second-order valence-corrected chi connectivity index (χ2v) is 7.03. The van der Waals surface area contributed by atoms with Gasteiger partial charge < -0.3 is 16.2 Å². The monoisotopic (exact) mass is 353 g/mol. The van der Waals surface area contributed by atoms with Crippen LogP contribution in [0.15, 0.2) is 42.5 Å². The first-order valence-electron chi connectivity index (χ1n) is 9.14. The number of carbonyl (C=O) groups is 1. The molecule has 0 unspecified atom stereocenters. The van der Waals surface area contributed by atoms with Gasteiger partial charge in [-0.3, -0.25) is 9.69 Å². The van der Waals surface area contributed by atoms with Crippen LogP contribution in [0.4, 0.5) is 5.69 Å². The molecule has 3 rings (SSSR count). The maximum Gasteiger partial charge on any atom is 0.251 e. The molecule has 1 amide bonds. The number of nitrogens with zero attached hydrogens (tertiary/aromatic N) is 1. The van der Waals surface area contributed by atoms with E-state index in [1.165, 1.54) is 5.56 Å². The second-order valence-electron chi connectivity index (χ2n) is 7.03. The molecule has 138 valence electrons. The number of likely N-dealkylation sites (tertiary alicyclic amines) is 1. The summed E-state index contributed by atoms with van der Waals surface area (Å²) >= 11 is 0. The van der Waals surface area contributed by atoms with Crippen LogP contribution in [0.3, 0.4) is 0 Å². The number of nitrogen functional groups attached to an aromatic ring is 1. The van der Waals surface area contributed by atoms with Crippen molar-refractivity contribution < 1.29 is 9.90 Å². The quantitative estimate of drug-likeness (QED) is 0.722. The summed E-state index contributed by atoms with van der Waals surface area (Å²) in [6.07, 6.45) is 1.49. The molecule has 0 spiro atoms. The molecule has 0 atom stereocenters. The summed E-state index contributed by atoms with van der Waals surface area (Å²) in [5, 5.41) is 12.7. The molecule has 2 aromatic rings. The van der Waals surface area contributed by atoms with Gasteiger partial charge in [0, 0.05) is 37.4 Å². The van der Waals surface area contributed by atoms with E-state index in [4.69, 9.17) is 5.73 Å². The van der Waals surface area contributed by atoms with Crippen LogP contribution in [0.25, 0.3) is 0 Å². The fraction of sp³-hybridized carbons (Fsp3) is 0.381. The van der Waals surface area contributed by atoms with Crippen LogP contribution >= 0.6 is 0 Å². The number of hydrogen-bond donors (Lipinski definition) is 3. The van der Waals surface area contributed by atoms with E-state index in [1.807, 2.05) is 25.1 Å². The predicted molar refractivity (Wildman–Crippen MR) is 104 cm³/mol. The number of piperidine rings is 1. The average Bonchev–Trinajstić information content (AvgIpc) is 2.64. The molecule has 0 bridgehead atoms. The van der Waals surface area contributed by atoms with Crippen LogP contribution in [0.5, 0.6) is 0 Å². The topological polar surface area (TPSA) is 78.6 Å². The fourth-order valence-corrected chi connectivity index (χ4v) is 3.36. The first-order valence-corrected chi connectivity index (χ1v) is 9.14. The van der Waals surface area contributed by atoms with E-state index < -0.39 is 0 Å². The summed E-state index contributed by atoms with van der Waals surface area (Å²) in [6, 6.07) is 13.6. The Kier molecular flexibility index (Phi) is 5.91. The zero-order chi connectivity index (χ0) is 18.5. The fourth-order valence-electron chi connectivity index (χ4n) is 3.36. The molecule has 0 radical (unpaired) electrons. The van der Waals surface area contributed by atoms with Gasteiger partial charge in [0.1, 0.15) is 0 Å². The van der Waals surface area contributed by atoms with Crippen molar-refractivity contribution in [1.29, 1.82) is 0 Å². The first-order chi connectivity index (χ1) is 12.5. The van der Waals surface area contributed by atoms with Crippen LogP contribution in [0.2, 0.25) is 0 Å². The minimum atomic E-state index is -0.165. The number of rotatable bonds is 5. The number of aliphatic hydroxyl groups excluding tert-OH is 1. The molecule has 1 aliphatic heterocycles. The van der Waals surface area contributed by atoms with Gasteiger partial charge in [-0.2, -0.15) is 0 Å². The van der Waals surface area contributed by atoms with Gasteiger partial charge in [0.05, 0.1) is 6.10 Å². The standard InChI is InChI=1S/C21H27N3O2/c1-15-6-7-18(22)12-20(15)21(26)23-13-16-4-2-3-5-17(16)14-24-10-8-19(25)9-11-24/h2-7,12,19,25H,8-11,13-14,22H2,1H3,(H,23,26). The number of aryl methyl sites for hydroxylation is 1. The maximum atomic E-state index is 12.5. The highest BCUT2D eigenvalue weighted by Crippen LogP contribution is 2.17. The van der Waals surface area contributed by atoms with Crippen molar-refractivity contribution >= 4 is 11.6 Å². The molecule has 0 aromatic heterocycles. The largest absolute Gasteiger partial charge is 0.399 e. The molecule has 26 heavy (non-hydrogen) atoms. The molecule has 0 aliphatic carbocycles. The Morgan fingerprint density at radius 3 is 2.62 bits per heavy atom. The Hall–Kier alpha value is -2.37. The van der Waals surface area contributed by atoms with Gasteiger partial charge in [0.15, 0.2) is 0 Å². The number of amides is 1. The number of benzene rings is 2. The van der Waals surface area contributed by atoms with Crippen molar-refractivity contribution in [2.24, 2.45) is 0 Å². The van der Waals surface area contributed by atoms with Gasteiger partial charge in [0.25, 0.3) is 5.91 Å². The zero-order valence-electron chi connectivity index (χ0n) is 15.2. The lowest BCUT2D eigenvalue weighted by Gasteiger charge is -2.30. The molecule has 0 saturated carbocycles. The molecule has 1 heterocycles. The molecule has 1 fully saturated rings. The average molecular weight is 353 g/mol. The highest BCUT2D eigenvalue weighted by Gasteiger charge is 2.18. The Bertz CT molecular complexity index is 768. The first kappa shape index (κ1) is 18.4. The smallest absolute Gasteiger partial charge is 0.251 e. The summed E-state index contributed by atoms with van der Waals surface area (Å²) in [5.74, 6) is -0.106. The van der Waals surface area contributed by atoms with E-state index in [0.29, 0.717) is 17.8 Å². The van der Waals surface area contributed by atoms with E-state index in [9.17, 15) is 9.90 Å². The summed E-state index contributed by atoms with van der Waals surface area (Å²) in [7, 11) is 0. The van der Waals surface area contributed by atoms with Crippen molar-refractivity contribution in [1.82, 2.24) is 10.2 Å².